The molecule has 1 aromatic carbocycles. The van der Waals surface area contributed by atoms with Crippen molar-refractivity contribution in [3.05, 3.63) is 30.1 Å². The summed E-state index contributed by atoms with van der Waals surface area (Å²) in [6.07, 6.45) is 29.2. The summed E-state index contributed by atoms with van der Waals surface area (Å²) in [5.41, 5.74) is 7.89. The molecule has 0 aliphatic carbocycles. The van der Waals surface area contributed by atoms with Gasteiger partial charge in [-0.3, -0.25) is 18.6 Å². The smallest absolute Gasteiger partial charge is 0.462 e. The number of phosphoric acid groups is 2. The Labute approximate surface area is 406 Å². The van der Waals surface area contributed by atoms with Crippen molar-refractivity contribution in [1.82, 2.24) is 14.5 Å². The second kappa shape index (κ2) is 35.2. The number of carbonyl (C=O) groups is 2. The lowest BCUT2D eigenvalue weighted by Gasteiger charge is -2.21. The van der Waals surface area contributed by atoms with Gasteiger partial charge in [-0.1, -0.05) is 186 Å². The Morgan fingerprint density at radius 2 is 1.13 bits per heavy atom. The van der Waals surface area contributed by atoms with Crippen LogP contribution in [0, 0.1) is 0 Å². The maximum absolute atomic E-state index is 13.0. The zero-order valence-corrected chi connectivity index (χ0v) is 43.5. The number of unbranched alkanes of at least 4 members (excludes halogenated alkanes) is 24. The van der Waals surface area contributed by atoms with Crippen molar-refractivity contribution < 1.29 is 56.1 Å². The zero-order chi connectivity index (χ0) is 49.3. The maximum Gasteiger partial charge on any atom is 0.481 e. The summed E-state index contributed by atoms with van der Waals surface area (Å²) in [6.45, 7) is 5.11. The van der Waals surface area contributed by atoms with E-state index in [1.54, 1.807) is 10.6 Å². The van der Waals surface area contributed by atoms with Crippen LogP contribution in [0.25, 0.3) is 21.9 Å². The third kappa shape index (κ3) is 25.3. The number of imidazole rings is 1. The van der Waals surface area contributed by atoms with Gasteiger partial charge in [-0.25, -0.2) is 19.1 Å². The normalized spacial score (nSPS) is 14.0. The van der Waals surface area contributed by atoms with E-state index in [9.17, 15) is 28.5 Å². The van der Waals surface area contributed by atoms with Crippen molar-refractivity contribution >= 4 is 55.3 Å². The number of hydrogen-bond acceptors (Lipinski definition) is 13. The molecular weight excluding hydrogens is 911 g/mol. The quantitative estimate of drug-likeness (QED) is 0.0273. The molecule has 3 unspecified atom stereocenters. The Kier molecular flexibility index (Phi) is 30.7. The molecule has 0 saturated heterocycles. The minimum absolute atomic E-state index is 0.0428. The van der Waals surface area contributed by atoms with E-state index in [0.29, 0.717) is 41.8 Å². The van der Waals surface area contributed by atoms with Gasteiger partial charge in [0, 0.05) is 31.4 Å². The molecule has 18 heteroatoms. The largest absolute Gasteiger partial charge is 0.481 e. The third-order valence-electron chi connectivity index (χ3n) is 12.0. The van der Waals surface area contributed by atoms with Crippen LogP contribution in [0.1, 0.15) is 206 Å². The number of carbonyl (C=O) groups excluding carboxylic acids is 2. The number of fused-ring (bicyclic) bond motifs is 3. The molecule has 2 heterocycles. The van der Waals surface area contributed by atoms with Gasteiger partial charge < -0.3 is 34.3 Å². The van der Waals surface area contributed by atoms with Crippen LogP contribution in [0.4, 0.5) is 5.82 Å². The maximum atomic E-state index is 13.0. The number of pyridine rings is 1. The molecule has 0 spiro atoms. The van der Waals surface area contributed by atoms with Gasteiger partial charge in [0.2, 0.25) is 0 Å². The molecule has 0 amide bonds. The number of para-hydroxylation sites is 1. The Morgan fingerprint density at radius 3 is 1.66 bits per heavy atom. The van der Waals surface area contributed by atoms with Crippen LogP contribution in [0.3, 0.4) is 0 Å². The topological polar surface area (TPSA) is 221 Å². The van der Waals surface area contributed by atoms with Gasteiger partial charge >= 0.3 is 27.6 Å². The SMILES string of the molecule is CCCCCCCCCCCCCCCC(=O)OCC(COP(=O)(O)OP(=O)(O)OCCn1c(COCC)nc2c(N)nc3ccccc3c21)OC(=O)CCCCCCCCCCCCCCC. The van der Waals surface area contributed by atoms with E-state index in [1.807, 2.05) is 25.1 Å². The Hall–Kier alpha value is -2.94. The van der Waals surface area contributed by atoms with Crippen molar-refractivity contribution in [2.75, 3.05) is 32.2 Å². The summed E-state index contributed by atoms with van der Waals surface area (Å²) in [6, 6.07) is 7.30. The number of nitrogens with two attached hydrogens (primary N) is 1. The predicted octanol–water partition coefficient (Wildman–Crippen LogP) is 13.4. The van der Waals surface area contributed by atoms with Crippen LogP contribution in [0.5, 0.6) is 0 Å². The van der Waals surface area contributed by atoms with Crippen LogP contribution < -0.4 is 5.73 Å². The molecule has 0 saturated carbocycles. The zero-order valence-electron chi connectivity index (χ0n) is 41.7. The average Bonchev–Trinajstić information content (AvgIpc) is 3.68. The molecule has 3 atom stereocenters. The molecule has 3 aromatic rings. The Balaban J connectivity index is 1.48. The highest BCUT2D eigenvalue weighted by atomic mass is 31.3. The molecule has 4 N–H and O–H groups in total. The van der Waals surface area contributed by atoms with E-state index in [1.165, 1.54) is 116 Å². The summed E-state index contributed by atoms with van der Waals surface area (Å²) >= 11 is 0. The number of aromatic nitrogens is 3. The van der Waals surface area contributed by atoms with Crippen LogP contribution in [0.2, 0.25) is 0 Å². The lowest BCUT2D eigenvalue weighted by atomic mass is 10.0. The summed E-state index contributed by atoms with van der Waals surface area (Å²) in [7, 11) is -10.5. The molecular formula is C50H86N4O12P2. The van der Waals surface area contributed by atoms with E-state index >= 15 is 0 Å². The fraction of sp³-hybridized carbons (Fsp3) is 0.760. The molecule has 0 radical (unpaired) electrons. The monoisotopic (exact) mass is 997 g/mol. The standard InChI is InChI=1S/C50H86N4O12P2/c1-4-7-9-11-13-15-17-19-21-23-25-27-29-35-46(55)62-39-42(65-47(56)36-30-28-26-24-22-20-18-16-14-12-10-8-5-2)40-64-68(59,60)66-67(57,58)63-38-37-54-45(41-61-6-3)53-48-49(54)43-33-31-32-34-44(43)52-50(48)51/h31-34,42H,4-30,35-41H2,1-3H3,(H2,51,52)(H,57,58)(H,59,60). The minimum atomic E-state index is -5.29. The summed E-state index contributed by atoms with van der Waals surface area (Å²) in [4.78, 5) is 55.8. The number of rotatable bonds is 43. The molecule has 0 aliphatic rings. The van der Waals surface area contributed by atoms with Gasteiger partial charge in [-0.2, -0.15) is 4.31 Å². The first kappa shape index (κ1) is 59.4. The molecule has 3 rings (SSSR count). The first-order valence-electron chi connectivity index (χ1n) is 26.0. The van der Waals surface area contributed by atoms with E-state index in [4.69, 9.17) is 29.0 Å². The molecule has 2 aromatic heterocycles. The molecule has 0 aliphatic heterocycles. The van der Waals surface area contributed by atoms with E-state index in [-0.39, 0.29) is 31.8 Å². The van der Waals surface area contributed by atoms with Gasteiger partial charge in [-0.15, -0.1) is 0 Å². The number of esters is 2. The second-order valence-electron chi connectivity index (χ2n) is 18.0. The van der Waals surface area contributed by atoms with E-state index in [0.717, 1.165) is 43.9 Å². The average molecular weight is 997 g/mol. The van der Waals surface area contributed by atoms with Gasteiger partial charge in [0.1, 0.15) is 24.6 Å². The minimum Gasteiger partial charge on any atom is -0.462 e. The lowest BCUT2D eigenvalue weighted by Crippen LogP contribution is -2.29. The first-order chi connectivity index (χ1) is 32.9. The van der Waals surface area contributed by atoms with E-state index < -0.39 is 53.5 Å². The van der Waals surface area contributed by atoms with Crippen molar-refractivity contribution in [3.8, 4) is 0 Å². The van der Waals surface area contributed by atoms with E-state index in [2.05, 4.69) is 28.1 Å². The summed E-state index contributed by atoms with van der Waals surface area (Å²) < 4.78 is 59.2. The number of nitrogens with zero attached hydrogens (tertiary/aromatic N) is 3. The number of benzene rings is 1. The molecule has 68 heavy (non-hydrogen) atoms. The van der Waals surface area contributed by atoms with Crippen LogP contribution in [-0.4, -0.2) is 68.8 Å². The molecule has 16 nitrogen and oxygen atoms in total. The molecule has 0 bridgehead atoms. The first-order valence-corrected chi connectivity index (χ1v) is 29.0. The van der Waals surface area contributed by atoms with Crippen molar-refractivity contribution in [2.24, 2.45) is 0 Å². The van der Waals surface area contributed by atoms with Crippen molar-refractivity contribution in [3.63, 3.8) is 0 Å². The Morgan fingerprint density at radius 1 is 0.647 bits per heavy atom. The van der Waals surface area contributed by atoms with Crippen molar-refractivity contribution in [1.29, 1.82) is 0 Å². The Bertz CT molecular complexity index is 1950. The number of phosphoric ester groups is 2. The molecule has 388 valence electrons. The fourth-order valence-electron chi connectivity index (χ4n) is 8.24. The third-order valence-corrected chi connectivity index (χ3v) is 14.7. The van der Waals surface area contributed by atoms with Crippen LogP contribution in [0.15, 0.2) is 24.3 Å². The van der Waals surface area contributed by atoms with Gasteiger partial charge in [0.05, 0.1) is 24.2 Å². The lowest BCUT2D eigenvalue weighted by molar-refractivity contribution is -0.161. The summed E-state index contributed by atoms with van der Waals surface area (Å²) in [5.74, 6) is -0.428. The van der Waals surface area contributed by atoms with Gasteiger partial charge in [0.25, 0.3) is 0 Å². The fourth-order valence-corrected chi connectivity index (χ4v) is 10.3. The number of anilines is 1. The van der Waals surface area contributed by atoms with Crippen LogP contribution in [-0.2, 0) is 59.4 Å². The van der Waals surface area contributed by atoms with Gasteiger partial charge in [-0.05, 0) is 25.8 Å². The summed E-state index contributed by atoms with van der Waals surface area (Å²) in [5, 5.41) is 0.730. The van der Waals surface area contributed by atoms with Gasteiger partial charge in [0.15, 0.2) is 11.9 Å². The molecule has 0 fully saturated rings. The highest BCUT2D eigenvalue weighted by molar-refractivity contribution is 7.61. The highest BCUT2D eigenvalue weighted by Crippen LogP contribution is 2.60. The van der Waals surface area contributed by atoms with Crippen molar-refractivity contribution in [2.45, 2.75) is 220 Å². The predicted molar refractivity (Wildman–Crippen MR) is 269 cm³/mol. The number of nitrogen functional groups attached to an aromatic ring is 1. The van der Waals surface area contributed by atoms with Crippen LogP contribution >= 0.6 is 15.6 Å². The second-order valence-corrected chi connectivity index (χ2v) is 21.0. The number of hydrogen-bond donors (Lipinski definition) is 3. The highest BCUT2D eigenvalue weighted by Gasteiger charge is 2.36. The number of ether oxygens (including phenoxy) is 3.